The lowest BCUT2D eigenvalue weighted by atomic mass is 10.1. The minimum absolute atomic E-state index is 0.128. The van der Waals surface area contributed by atoms with Gasteiger partial charge in [0.25, 0.3) is 0 Å². The zero-order chi connectivity index (χ0) is 12.9. The molecular weight excluding hydrogens is 236 g/mol. The molecule has 0 fully saturated rings. The van der Waals surface area contributed by atoms with E-state index in [2.05, 4.69) is 4.72 Å². The van der Waals surface area contributed by atoms with Crippen molar-refractivity contribution in [1.82, 2.24) is 4.72 Å². The first-order valence-corrected chi connectivity index (χ1v) is 7.33. The second-order valence-corrected chi connectivity index (χ2v) is 6.37. The van der Waals surface area contributed by atoms with Gasteiger partial charge in [-0.1, -0.05) is 38.1 Å². The molecule has 0 aliphatic rings. The van der Waals surface area contributed by atoms with Crippen LogP contribution in [0.1, 0.15) is 25.0 Å². The Morgan fingerprint density at radius 1 is 1.29 bits per heavy atom. The van der Waals surface area contributed by atoms with Crippen LogP contribution >= 0.6 is 0 Å². The largest absolute Gasteiger partial charge is 0.326 e. The van der Waals surface area contributed by atoms with Crippen molar-refractivity contribution in [3.05, 3.63) is 35.4 Å². The van der Waals surface area contributed by atoms with Gasteiger partial charge in [0.05, 0.1) is 5.75 Å². The molecule has 0 saturated heterocycles. The lowest BCUT2D eigenvalue weighted by molar-refractivity contribution is 0.568. The number of nitrogens with two attached hydrogens (primary N) is 1. The SMILES string of the molecule is CC(C)CS(=O)(=O)NCc1cccc(CN)c1. The number of sulfonamides is 1. The summed E-state index contributed by atoms with van der Waals surface area (Å²) in [5, 5.41) is 0. The van der Waals surface area contributed by atoms with Crippen molar-refractivity contribution < 1.29 is 8.42 Å². The monoisotopic (exact) mass is 256 g/mol. The number of nitrogens with one attached hydrogen (secondary N) is 1. The van der Waals surface area contributed by atoms with Crippen LogP contribution in [-0.2, 0) is 23.1 Å². The van der Waals surface area contributed by atoms with Crippen LogP contribution in [-0.4, -0.2) is 14.2 Å². The van der Waals surface area contributed by atoms with Gasteiger partial charge in [-0.3, -0.25) is 0 Å². The highest BCUT2D eigenvalue weighted by molar-refractivity contribution is 7.89. The molecule has 0 radical (unpaired) electrons. The summed E-state index contributed by atoms with van der Waals surface area (Å²) in [6.07, 6.45) is 0. The van der Waals surface area contributed by atoms with Gasteiger partial charge < -0.3 is 5.73 Å². The molecule has 0 spiro atoms. The maximum atomic E-state index is 11.6. The molecule has 96 valence electrons. The predicted molar refractivity (Wildman–Crippen MR) is 69.8 cm³/mol. The molecule has 17 heavy (non-hydrogen) atoms. The summed E-state index contributed by atoms with van der Waals surface area (Å²) in [4.78, 5) is 0. The Kier molecular flexibility index (Phi) is 5.11. The third-order valence-electron chi connectivity index (χ3n) is 2.28. The number of hydrogen-bond donors (Lipinski definition) is 2. The third-order valence-corrected chi connectivity index (χ3v) is 3.97. The van der Waals surface area contributed by atoms with Gasteiger partial charge in [-0.05, 0) is 17.0 Å². The summed E-state index contributed by atoms with van der Waals surface area (Å²) >= 11 is 0. The Hall–Kier alpha value is -0.910. The van der Waals surface area contributed by atoms with Crippen LogP contribution in [0, 0.1) is 5.92 Å². The maximum Gasteiger partial charge on any atom is 0.212 e. The van der Waals surface area contributed by atoms with E-state index in [0.717, 1.165) is 11.1 Å². The Morgan fingerprint density at radius 3 is 2.53 bits per heavy atom. The van der Waals surface area contributed by atoms with Crippen molar-refractivity contribution in [3.63, 3.8) is 0 Å². The van der Waals surface area contributed by atoms with Crippen LogP contribution in [0.2, 0.25) is 0 Å². The topological polar surface area (TPSA) is 72.2 Å². The van der Waals surface area contributed by atoms with Gasteiger partial charge >= 0.3 is 0 Å². The van der Waals surface area contributed by atoms with Crippen molar-refractivity contribution in [2.45, 2.75) is 26.9 Å². The zero-order valence-electron chi connectivity index (χ0n) is 10.3. The van der Waals surface area contributed by atoms with E-state index in [1.807, 2.05) is 38.1 Å². The van der Waals surface area contributed by atoms with Crippen LogP contribution in [0.15, 0.2) is 24.3 Å². The van der Waals surface area contributed by atoms with Crippen molar-refractivity contribution in [2.75, 3.05) is 5.75 Å². The molecule has 0 bridgehead atoms. The summed E-state index contributed by atoms with van der Waals surface area (Å²) in [7, 11) is -3.18. The van der Waals surface area contributed by atoms with Gasteiger partial charge in [0, 0.05) is 13.1 Å². The molecule has 1 aromatic carbocycles. The fourth-order valence-electron chi connectivity index (χ4n) is 1.56. The quantitative estimate of drug-likeness (QED) is 0.804. The van der Waals surface area contributed by atoms with E-state index in [1.165, 1.54) is 0 Å². The lowest BCUT2D eigenvalue weighted by Gasteiger charge is -2.09. The van der Waals surface area contributed by atoms with Crippen LogP contribution < -0.4 is 10.5 Å². The Labute approximate surface area is 103 Å². The highest BCUT2D eigenvalue weighted by Gasteiger charge is 2.12. The van der Waals surface area contributed by atoms with Crippen LogP contribution in [0.4, 0.5) is 0 Å². The molecule has 0 saturated carbocycles. The second kappa shape index (κ2) is 6.14. The van der Waals surface area contributed by atoms with Crippen molar-refractivity contribution >= 4 is 10.0 Å². The molecule has 0 heterocycles. The summed E-state index contributed by atoms with van der Waals surface area (Å²) < 4.78 is 25.9. The highest BCUT2D eigenvalue weighted by Crippen LogP contribution is 2.05. The van der Waals surface area contributed by atoms with Crippen LogP contribution in [0.3, 0.4) is 0 Å². The third kappa shape index (κ3) is 5.30. The molecule has 0 aromatic heterocycles. The van der Waals surface area contributed by atoms with Crippen LogP contribution in [0.5, 0.6) is 0 Å². The molecule has 5 heteroatoms. The van der Waals surface area contributed by atoms with Crippen LogP contribution in [0.25, 0.3) is 0 Å². The average Bonchev–Trinajstić information content (AvgIpc) is 2.25. The molecule has 0 atom stereocenters. The smallest absolute Gasteiger partial charge is 0.212 e. The first kappa shape index (κ1) is 14.2. The summed E-state index contributed by atoms with van der Waals surface area (Å²) in [5.74, 6) is 0.284. The van der Waals surface area contributed by atoms with E-state index in [0.29, 0.717) is 13.1 Å². The maximum absolute atomic E-state index is 11.6. The molecule has 4 nitrogen and oxygen atoms in total. The van der Waals surface area contributed by atoms with Gasteiger partial charge in [0.15, 0.2) is 0 Å². The Balaban J connectivity index is 2.61. The van der Waals surface area contributed by atoms with Crippen molar-refractivity contribution in [1.29, 1.82) is 0 Å². The fraction of sp³-hybridized carbons (Fsp3) is 0.500. The van der Waals surface area contributed by atoms with Crippen molar-refractivity contribution in [3.8, 4) is 0 Å². The summed E-state index contributed by atoms with van der Waals surface area (Å²) in [6, 6.07) is 7.61. The second-order valence-electron chi connectivity index (χ2n) is 4.52. The molecular formula is C12H20N2O2S. The number of benzene rings is 1. The first-order valence-electron chi connectivity index (χ1n) is 5.68. The Bertz CT molecular complexity index is 455. The first-order chi connectivity index (χ1) is 7.93. The van der Waals surface area contributed by atoms with Gasteiger partial charge in [-0.2, -0.15) is 0 Å². The van der Waals surface area contributed by atoms with Gasteiger partial charge in [0.2, 0.25) is 10.0 Å². The molecule has 3 N–H and O–H groups in total. The molecule has 0 unspecified atom stereocenters. The number of rotatable bonds is 6. The minimum Gasteiger partial charge on any atom is -0.326 e. The fourth-order valence-corrected chi connectivity index (χ4v) is 2.94. The molecule has 1 aromatic rings. The molecule has 1 rings (SSSR count). The standard InChI is InChI=1S/C12H20N2O2S/c1-10(2)9-17(15,16)14-8-12-5-3-4-11(6-12)7-13/h3-6,10,14H,7-9,13H2,1-2H3. The highest BCUT2D eigenvalue weighted by atomic mass is 32.2. The average molecular weight is 256 g/mol. The molecule has 0 amide bonds. The van der Waals surface area contributed by atoms with E-state index < -0.39 is 10.0 Å². The van der Waals surface area contributed by atoms with Gasteiger partial charge in [0.1, 0.15) is 0 Å². The van der Waals surface area contributed by atoms with E-state index in [1.54, 1.807) is 0 Å². The number of hydrogen-bond acceptors (Lipinski definition) is 3. The van der Waals surface area contributed by atoms with E-state index in [4.69, 9.17) is 5.73 Å². The van der Waals surface area contributed by atoms with Gasteiger partial charge in [-0.25, -0.2) is 13.1 Å². The molecule has 0 aliphatic heterocycles. The van der Waals surface area contributed by atoms with E-state index in [-0.39, 0.29) is 11.7 Å². The van der Waals surface area contributed by atoms with Gasteiger partial charge in [-0.15, -0.1) is 0 Å². The van der Waals surface area contributed by atoms with E-state index in [9.17, 15) is 8.42 Å². The predicted octanol–water partition coefficient (Wildman–Crippen LogP) is 1.22. The van der Waals surface area contributed by atoms with Crippen molar-refractivity contribution in [2.24, 2.45) is 11.7 Å². The zero-order valence-corrected chi connectivity index (χ0v) is 11.1. The summed E-state index contributed by atoms with van der Waals surface area (Å²) in [5.41, 5.74) is 7.46. The lowest BCUT2D eigenvalue weighted by Crippen LogP contribution is -2.28. The van der Waals surface area contributed by atoms with E-state index >= 15 is 0 Å². The molecule has 0 aliphatic carbocycles. The Morgan fingerprint density at radius 2 is 1.94 bits per heavy atom. The normalized spacial score (nSPS) is 12.0. The summed E-state index contributed by atoms with van der Waals surface area (Å²) in [6.45, 7) is 4.55. The minimum atomic E-state index is -3.18.